The summed E-state index contributed by atoms with van der Waals surface area (Å²) >= 11 is 0. The van der Waals surface area contributed by atoms with Gasteiger partial charge in [-0.1, -0.05) is 124 Å². The van der Waals surface area contributed by atoms with E-state index in [2.05, 4.69) is 32.6 Å². The van der Waals surface area contributed by atoms with E-state index in [9.17, 15) is 14.7 Å². The first-order valence-corrected chi connectivity index (χ1v) is 19.2. The minimum Gasteiger partial charge on any atom is -0.462 e. The predicted octanol–water partition coefficient (Wildman–Crippen LogP) is 10.3. The normalized spacial score (nSPS) is 12.2. The van der Waals surface area contributed by atoms with Crippen LogP contribution in [0.25, 0.3) is 0 Å². The molecule has 44 heavy (non-hydrogen) atoms. The van der Waals surface area contributed by atoms with Gasteiger partial charge < -0.3 is 19.5 Å². The average molecular weight is 626 g/mol. The first-order chi connectivity index (χ1) is 21.5. The molecule has 1 unspecified atom stereocenters. The lowest BCUT2D eigenvalue weighted by molar-refractivity contribution is -0.150. The fourth-order valence-electron chi connectivity index (χ4n) is 5.99. The van der Waals surface area contributed by atoms with E-state index in [4.69, 9.17) is 9.47 Å². The second-order valence-corrected chi connectivity index (χ2v) is 13.1. The number of nitrogens with zero attached hydrogens (tertiary/aromatic N) is 1. The quantitative estimate of drug-likeness (QED) is 0.0566. The van der Waals surface area contributed by atoms with Crippen molar-refractivity contribution in [2.75, 3.05) is 26.2 Å². The lowest BCUT2D eigenvalue weighted by Gasteiger charge is -2.22. The van der Waals surface area contributed by atoms with Gasteiger partial charge in [-0.05, 0) is 70.9 Å². The Labute approximate surface area is 273 Å². The maximum absolute atomic E-state index is 12.8. The van der Waals surface area contributed by atoms with Gasteiger partial charge in [0.2, 0.25) is 0 Å². The van der Waals surface area contributed by atoms with Crippen molar-refractivity contribution in [3.8, 4) is 0 Å². The fourth-order valence-corrected chi connectivity index (χ4v) is 5.99. The molecule has 0 fully saturated rings. The number of carbonyl (C=O) groups excluding carboxylic acids is 2. The van der Waals surface area contributed by atoms with Gasteiger partial charge in [-0.25, -0.2) is 0 Å². The monoisotopic (exact) mass is 626 g/mol. The molecule has 1 atom stereocenters. The molecule has 0 rings (SSSR count). The van der Waals surface area contributed by atoms with Crippen LogP contribution in [0.5, 0.6) is 0 Å². The number of aliphatic hydroxyl groups excluding tert-OH is 1. The van der Waals surface area contributed by atoms with Crippen molar-refractivity contribution in [2.24, 2.45) is 0 Å². The molecule has 0 radical (unpaired) electrons. The lowest BCUT2D eigenvalue weighted by Crippen LogP contribution is -2.30. The second-order valence-electron chi connectivity index (χ2n) is 13.1. The van der Waals surface area contributed by atoms with Crippen LogP contribution in [-0.4, -0.2) is 60.4 Å². The van der Waals surface area contributed by atoms with Crippen molar-refractivity contribution in [2.45, 2.75) is 207 Å². The van der Waals surface area contributed by atoms with Crippen molar-refractivity contribution < 1.29 is 24.2 Å². The standard InChI is InChI=1S/C38H75NO5/c1-5-9-12-15-18-21-27-36(28-22-19-16-13-10-6-2)44-38(42)30-24-32-39(33-34-40)31-23-29-37(41)43-35(25-8-4)26-20-17-14-11-7-3/h35-36,40H,5-34H2,1-4H3. The molecule has 6 heteroatoms. The summed E-state index contributed by atoms with van der Waals surface area (Å²) in [6.45, 7) is 10.9. The highest BCUT2D eigenvalue weighted by atomic mass is 16.5. The van der Waals surface area contributed by atoms with Crippen molar-refractivity contribution in [1.29, 1.82) is 0 Å². The Morgan fingerprint density at radius 3 is 1.20 bits per heavy atom. The van der Waals surface area contributed by atoms with E-state index in [1.54, 1.807) is 0 Å². The molecule has 0 amide bonds. The van der Waals surface area contributed by atoms with Gasteiger partial charge in [0.1, 0.15) is 12.2 Å². The van der Waals surface area contributed by atoms with Crippen LogP contribution in [-0.2, 0) is 19.1 Å². The van der Waals surface area contributed by atoms with Gasteiger partial charge in [0, 0.05) is 19.4 Å². The van der Waals surface area contributed by atoms with Crippen LogP contribution >= 0.6 is 0 Å². The zero-order valence-electron chi connectivity index (χ0n) is 29.9. The molecule has 0 spiro atoms. The third-order valence-corrected chi connectivity index (χ3v) is 8.72. The summed E-state index contributed by atoms with van der Waals surface area (Å²) in [6, 6.07) is 0. The van der Waals surface area contributed by atoms with E-state index in [1.165, 1.54) is 89.9 Å². The Kier molecular flexibility index (Phi) is 32.4. The Balaban J connectivity index is 4.47. The molecule has 0 aliphatic heterocycles. The topological polar surface area (TPSA) is 76.1 Å². The SMILES string of the molecule is CCCCCCCCC(CCCCCCCC)OC(=O)CCCN(CCO)CCCC(=O)OC(CCC)CCCCCCC. The average Bonchev–Trinajstić information content (AvgIpc) is 3.00. The summed E-state index contributed by atoms with van der Waals surface area (Å²) in [6.07, 6.45) is 28.4. The van der Waals surface area contributed by atoms with Gasteiger partial charge >= 0.3 is 11.9 Å². The fraction of sp³-hybridized carbons (Fsp3) is 0.947. The van der Waals surface area contributed by atoms with Crippen LogP contribution in [0.15, 0.2) is 0 Å². The van der Waals surface area contributed by atoms with E-state index in [1.807, 2.05) is 0 Å². The highest BCUT2D eigenvalue weighted by Crippen LogP contribution is 2.18. The van der Waals surface area contributed by atoms with Gasteiger partial charge in [0.25, 0.3) is 0 Å². The molecule has 0 saturated heterocycles. The zero-order valence-corrected chi connectivity index (χ0v) is 29.9. The number of hydrogen-bond donors (Lipinski definition) is 1. The molecule has 0 saturated carbocycles. The molecule has 262 valence electrons. The van der Waals surface area contributed by atoms with Crippen LogP contribution in [0, 0.1) is 0 Å². The number of aliphatic hydroxyl groups is 1. The summed E-state index contributed by atoms with van der Waals surface area (Å²) in [5, 5.41) is 9.56. The number of esters is 2. The van der Waals surface area contributed by atoms with E-state index in [0.717, 1.165) is 64.5 Å². The van der Waals surface area contributed by atoms with E-state index in [-0.39, 0.29) is 30.8 Å². The van der Waals surface area contributed by atoms with Gasteiger partial charge in [-0.3, -0.25) is 9.59 Å². The van der Waals surface area contributed by atoms with Crippen molar-refractivity contribution in [3.63, 3.8) is 0 Å². The van der Waals surface area contributed by atoms with Crippen molar-refractivity contribution in [3.05, 3.63) is 0 Å². The maximum Gasteiger partial charge on any atom is 0.306 e. The molecule has 0 heterocycles. The number of ether oxygens (including phenoxy) is 2. The number of hydrogen-bond acceptors (Lipinski definition) is 6. The van der Waals surface area contributed by atoms with Crippen LogP contribution in [0.4, 0.5) is 0 Å². The molecule has 0 aliphatic carbocycles. The van der Waals surface area contributed by atoms with Crippen LogP contribution in [0.1, 0.15) is 195 Å². The molecule has 6 nitrogen and oxygen atoms in total. The highest BCUT2D eigenvalue weighted by Gasteiger charge is 2.16. The lowest BCUT2D eigenvalue weighted by atomic mass is 10.0. The van der Waals surface area contributed by atoms with E-state index >= 15 is 0 Å². The molecular weight excluding hydrogens is 550 g/mol. The molecule has 0 bridgehead atoms. The van der Waals surface area contributed by atoms with Crippen LogP contribution in [0.2, 0.25) is 0 Å². The number of unbranched alkanes of at least 4 members (excludes halogenated alkanes) is 14. The summed E-state index contributed by atoms with van der Waals surface area (Å²) < 4.78 is 11.8. The van der Waals surface area contributed by atoms with Crippen LogP contribution < -0.4 is 0 Å². The summed E-state index contributed by atoms with van der Waals surface area (Å²) in [5.41, 5.74) is 0. The first-order valence-electron chi connectivity index (χ1n) is 19.2. The second kappa shape index (κ2) is 33.2. The number of rotatable bonds is 34. The smallest absolute Gasteiger partial charge is 0.306 e. The van der Waals surface area contributed by atoms with Gasteiger partial charge in [-0.2, -0.15) is 0 Å². The summed E-state index contributed by atoms with van der Waals surface area (Å²) in [7, 11) is 0. The van der Waals surface area contributed by atoms with Crippen molar-refractivity contribution >= 4 is 11.9 Å². The molecule has 0 aromatic heterocycles. The number of carbonyl (C=O) groups is 2. The van der Waals surface area contributed by atoms with Gasteiger partial charge in [-0.15, -0.1) is 0 Å². The van der Waals surface area contributed by atoms with Gasteiger partial charge in [0.05, 0.1) is 6.61 Å². The third kappa shape index (κ3) is 28.3. The Morgan fingerprint density at radius 1 is 0.477 bits per heavy atom. The van der Waals surface area contributed by atoms with Gasteiger partial charge in [0.15, 0.2) is 0 Å². The summed E-state index contributed by atoms with van der Waals surface area (Å²) in [5.74, 6) is -0.192. The molecule has 0 aliphatic rings. The van der Waals surface area contributed by atoms with Crippen molar-refractivity contribution in [1.82, 2.24) is 4.90 Å². The predicted molar refractivity (Wildman–Crippen MR) is 186 cm³/mol. The molecule has 0 aromatic carbocycles. The summed E-state index contributed by atoms with van der Waals surface area (Å²) in [4.78, 5) is 27.5. The first kappa shape index (κ1) is 42.9. The molecular formula is C38H75NO5. The zero-order chi connectivity index (χ0) is 32.5. The Bertz CT molecular complexity index is 612. The van der Waals surface area contributed by atoms with E-state index in [0.29, 0.717) is 32.2 Å². The van der Waals surface area contributed by atoms with E-state index < -0.39 is 0 Å². The highest BCUT2D eigenvalue weighted by molar-refractivity contribution is 5.69. The van der Waals surface area contributed by atoms with Crippen LogP contribution in [0.3, 0.4) is 0 Å². The molecule has 1 N–H and O–H groups in total. The molecule has 0 aromatic rings. The Hall–Kier alpha value is -1.14. The third-order valence-electron chi connectivity index (χ3n) is 8.72. The minimum atomic E-state index is -0.105. The largest absolute Gasteiger partial charge is 0.462 e. The Morgan fingerprint density at radius 2 is 0.841 bits per heavy atom. The minimum absolute atomic E-state index is 0.0413. The maximum atomic E-state index is 12.8.